The highest BCUT2D eigenvalue weighted by molar-refractivity contribution is 5.95. The van der Waals surface area contributed by atoms with Crippen molar-refractivity contribution in [2.24, 2.45) is 0 Å². The van der Waals surface area contributed by atoms with E-state index >= 15 is 0 Å². The summed E-state index contributed by atoms with van der Waals surface area (Å²) in [5.74, 6) is -0.0750. The second-order valence-corrected chi connectivity index (χ2v) is 5.80. The Morgan fingerprint density at radius 1 is 1.12 bits per heavy atom. The van der Waals surface area contributed by atoms with Crippen molar-refractivity contribution in [2.45, 2.75) is 6.92 Å². The third-order valence-electron chi connectivity index (χ3n) is 4.27. The van der Waals surface area contributed by atoms with Gasteiger partial charge in [0.1, 0.15) is 0 Å². The van der Waals surface area contributed by atoms with Crippen molar-refractivity contribution >= 4 is 17.3 Å². The zero-order chi connectivity index (χ0) is 17.1. The average molecular weight is 327 g/mol. The summed E-state index contributed by atoms with van der Waals surface area (Å²) in [7, 11) is 0. The van der Waals surface area contributed by atoms with Gasteiger partial charge in [0.25, 0.3) is 11.6 Å². The van der Waals surface area contributed by atoms with Crippen LogP contribution in [0.15, 0.2) is 42.7 Å². The molecular weight excluding hydrogens is 308 g/mol. The normalized spacial score (nSPS) is 14.5. The van der Waals surface area contributed by atoms with Crippen LogP contribution in [0.5, 0.6) is 0 Å². The molecular formula is C17H19N4O3+. The van der Waals surface area contributed by atoms with E-state index < -0.39 is 4.92 Å². The molecule has 1 saturated heterocycles. The maximum absolute atomic E-state index is 12.6. The first-order valence-electron chi connectivity index (χ1n) is 7.81. The summed E-state index contributed by atoms with van der Waals surface area (Å²) < 4.78 is 0. The topological polar surface area (TPSA) is 80.8 Å². The number of nitro groups is 1. The quantitative estimate of drug-likeness (QED) is 0.634. The van der Waals surface area contributed by atoms with Gasteiger partial charge in [-0.2, -0.15) is 0 Å². The van der Waals surface area contributed by atoms with Crippen molar-refractivity contribution in [1.82, 2.24) is 4.90 Å². The smallest absolute Gasteiger partial charge is 0.272 e. The molecule has 1 aliphatic heterocycles. The predicted octanol–water partition coefficient (Wildman–Crippen LogP) is 1.68. The van der Waals surface area contributed by atoms with Crippen molar-refractivity contribution in [2.75, 3.05) is 31.1 Å². The van der Waals surface area contributed by atoms with E-state index in [1.54, 1.807) is 17.9 Å². The number of aromatic nitrogens is 1. The Labute approximate surface area is 139 Å². The van der Waals surface area contributed by atoms with E-state index in [2.05, 4.69) is 9.88 Å². The number of anilines is 1. The van der Waals surface area contributed by atoms with Crippen LogP contribution >= 0.6 is 0 Å². The number of benzene rings is 1. The summed E-state index contributed by atoms with van der Waals surface area (Å²) in [5, 5.41) is 10.9. The second-order valence-electron chi connectivity index (χ2n) is 5.80. The number of aromatic amines is 1. The maximum atomic E-state index is 12.6. The van der Waals surface area contributed by atoms with Gasteiger partial charge in [-0.3, -0.25) is 14.9 Å². The fraction of sp³-hybridized carbons (Fsp3) is 0.294. The Balaban J connectivity index is 1.67. The van der Waals surface area contributed by atoms with Gasteiger partial charge in [0.15, 0.2) is 12.4 Å². The van der Waals surface area contributed by atoms with Gasteiger partial charge in [-0.05, 0) is 19.1 Å². The lowest BCUT2D eigenvalue weighted by molar-refractivity contribution is -0.385. The van der Waals surface area contributed by atoms with Crippen LogP contribution in [-0.2, 0) is 0 Å². The summed E-state index contributed by atoms with van der Waals surface area (Å²) in [6.07, 6.45) is 3.76. The Kier molecular flexibility index (Phi) is 4.41. The molecule has 24 heavy (non-hydrogen) atoms. The second kappa shape index (κ2) is 6.66. The van der Waals surface area contributed by atoms with Gasteiger partial charge in [0.2, 0.25) is 0 Å². The lowest BCUT2D eigenvalue weighted by Crippen LogP contribution is -2.48. The fourth-order valence-corrected chi connectivity index (χ4v) is 2.93. The summed E-state index contributed by atoms with van der Waals surface area (Å²) >= 11 is 0. The number of carbonyl (C=O) groups is 1. The molecule has 0 bridgehead atoms. The number of piperazine rings is 1. The van der Waals surface area contributed by atoms with Crippen LogP contribution < -0.4 is 9.88 Å². The minimum Gasteiger partial charge on any atom is -0.368 e. The number of rotatable bonds is 3. The van der Waals surface area contributed by atoms with Crippen molar-refractivity contribution < 1.29 is 14.7 Å². The number of nitrogens with one attached hydrogen (secondary N) is 1. The van der Waals surface area contributed by atoms with Crippen molar-refractivity contribution in [1.29, 1.82) is 0 Å². The first-order valence-corrected chi connectivity index (χ1v) is 7.81. The molecule has 1 fully saturated rings. The third-order valence-corrected chi connectivity index (χ3v) is 4.27. The van der Waals surface area contributed by atoms with E-state index in [9.17, 15) is 14.9 Å². The Morgan fingerprint density at radius 3 is 2.38 bits per heavy atom. The number of H-pyrrole nitrogens is 1. The molecule has 0 aliphatic carbocycles. The molecule has 1 aromatic heterocycles. The molecule has 1 aromatic carbocycles. The van der Waals surface area contributed by atoms with E-state index in [0.29, 0.717) is 24.2 Å². The van der Waals surface area contributed by atoms with Crippen LogP contribution in [0.1, 0.15) is 15.9 Å². The number of carbonyl (C=O) groups excluding carboxylic acids is 1. The lowest BCUT2D eigenvalue weighted by Gasteiger charge is -2.35. The number of nitrogens with zero attached hydrogens (tertiary/aromatic N) is 3. The number of amides is 1. The summed E-state index contributed by atoms with van der Waals surface area (Å²) in [5.41, 5.74) is 2.18. The number of hydrogen-bond acceptors (Lipinski definition) is 4. The highest BCUT2D eigenvalue weighted by atomic mass is 16.6. The minimum atomic E-state index is -0.431. The predicted molar refractivity (Wildman–Crippen MR) is 88.9 cm³/mol. The molecule has 2 aromatic rings. The molecule has 7 heteroatoms. The molecule has 3 rings (SSSR count). The van der Waals surface area contributed by atoms with Crippen LogP contribution in [0.25, 0.3) is 0 Å². The number of pyridine rings is 1. The van der Waals surface area contributed by atoms with E-state index in [1.807, 2.05) is 24.5 Å². The van der Waals surface area contributed by atoms with Gasteiger partial charge in [0, 0.05) is 61.2 Å². The molecule has 0 saturated carbocycles. The van der Waals surface area contributed by atoms with Crippen molar-refractivity contribution in [3.8, 4) is 0 Å². The van der Waals surface area contributed by atoms with Gasteiger partial charge in [0.05, 0.1) is 4.92 Å². The van der Waals surface area contributed by atoms with Gasteiger partial charge in [-0.15, -0.1) is 0 Å². The highest BCUT2D eigenvalue weighted by Gasteiger charge is 2.23. The zero-order valence-corrected chi connectivity index (χ0v) is 13.4. The lowest BCUT2D eigenvalue weighted by atomic mass is 10.1. The van der Waals surface area contributed by atoms with Crippen LogP contribution in [0.3, 0.4) is 0 Å². The molecule has 1 N–H and O–H groups in total. The Morgan fingerprint density at radius 2 is 1.79 bits per heavy atom. The highest BCUT2D eigenvalue weighted by Crippen LogP contribution is 2.21. The summed E-state index contributed by atoms with van der Waals surface area (Å²) in [4.78, 5) is 30.1. The number of aryl methyl sites for hydroxylation is 1. The first kappa shape index (κ1) is 15.9. The first-order chi connectivity index (χ1) is 11.6. The standard InChI is InChI=1S/C17H18N4O3/c1-13-12-14(2-3-16(13)21(23)24)17(22)20-10-8-19(9-11-20)15-4-6-18-7-5-15/h2-7,12H,8-11H2,1H3/p+1. The molecule has 0 atom stereocenters. The molecule has 1 aliphatic rings. The SMILES string of the molecule is Cc1cc(C(=O)N2CCN(c3cc[nH+]cc3)CC2)ccc1[N+](=O)[O-]. The summed E-state index contributed by atoms with van der Waals surface area (Å²) in [6, 6.07) is 8.56. The molecule has 124 valence electrons. The largest absolute Gasteiger partial charge is 0.368 e. The van der Waals surface area contributed by atoms with E-state index in [4.69, 9.17) is 0 Å². The molecule has 1 amide bonds. The average Bonchev–Trinajstić information content (AvgIpc) is 2.61. The summed E-state index contributed by atoms with van der Waals surface area (Å²) in [6.45, 7) is 4.45. The van der Waals surface area contributed by atoms with Crippen molar-refractivity contribution in [3.63, 3.8) is 0 Å². The molecule has 2 heterocycles. The number of nitro benzene ring substituents is 1. The van der Waals surface area contributed by atoms with Gasteiger partial charge >= 0.3 is 0 Å². The fourth-order valence-electron chi connectivity index (χ4n) is 2.93. The Bertz CT molecular complexity index is 756. The van der Waals surface area contributed by atoms with Gasteiger partial charge < -0.3 is 9.80 Å². The van der Waals surface area contributed by atoms with Gasteiger partial charge in [-0.1, -0.05) is 0 Å². The van der Waals surface area contributed by atoms with Crippen molar-refractivity contribution in [3.05, 3.63) is 64.0 Å². The van der Waals surface area contributed by atoms with Crippen LogP contribution in [-0.4, -0.2) is 41.9 Å². The minimum absolute atomic E-state index is 0.0391. The number of hydrogen-bond donors (Lipinski definition) is 0. The van der Waals surface area contributed by atoms with Gasteiger partial charge in [-0.25, -0.2) is 4.98 Å². The maximum Gasteiger partial charge on any atom is 0.272 e. The van der Waals surface area contributed by atoms with Crippen LogP contribution in [0, 0.1) is 17.0 Å². The van der Waals surface area contributed by atoms with E-state index in [1.165, 1.54) is 12.1 Å². The molecule has 7 nitrogen and oxygen atoms in total. The van der Waals surface area contributed by atoms with E-state index in [-0.39, 0.29) is 11.6 Å². The van der Waals surface area contributed by atoms with Crippen LogP contribution in [0.2, 0.25) is 0 Å². The molecule has 0 unspecified atom stereocenters. The molecule has 0 spiro atoms. The third kappa shape index (κ3) is 3.19. The van der Waals surface area contributed by atoms with E-state index in [0.717, 1.165) is 18.8 Å². The van der Waals surface area contributed by atoms with Crippen LogP contribution in [0.4, 0.5) is 11.4 Å². The zero-order valence-electron chi connectivity index (χ0n) is 13.4. The Hall–Kier alpha value is -2.96. The molecule has 0 radical (unpaired) electrons. The monoisotopic (exact) mass is 327 g/mol.